The second-order valence-corrected chi connectivity index (χ2v) is 15.9. The SMILES string of the molecule is CCOC(=O)c1c(C)nc(N2CCN(C(=O)OC(C)(C)C)CC2=O)n1COCC[Si](C)(C)C. The Kier molecular flexibility index (Phi) is 8.69. The van der Waals surface area contributed by atoms with Crippen LogP contribution in [0.25, 0.3) is 0 Å². The Hall–Kier alpha value is -2.40. The van der Waals surface area contributed by atoms with Gasteiger partial charge in [-0.3, -0.25) is 19.2 Å². The first kappa shape index (κ1) is 26.8. The molecule has 0 atom stereocenters. The highest BCUT2D eigenvalue weighted by Gasteiger charge is 2.34. The predicted molar refractivity (Wildman–Crippen MR) is 127 cm³/mol. The van der Waals surface area contributed by atoms with Crippen LogP contribution in [0.2, 0.25) is 25.7 Å². The summed E-state index contributed by atoms with van der Waals surface area (Å²) in [6.07, 6.45) is -0.531. The van der Waals surface area contributed by atoms with Gasteiger partial charge < -0.3 is 14.2 Å². The second kappa shape index (κ2) is 10.7. The molecule has 2 rings (SSSR count). The van der Waals surface area contributed by atoms with Crippen LogP contribution in [-0.2, 0) is 25.7 Å². The van der Waals surface area contributed by atoms with Crippen molar-refractivity contribution in [3.05, 3.63) is 11.4 Å². The zero-order valence-corrected chi connectivity index (χ0v) is 22.2. The van der Waals surface area contributed by atoms with Crippen LogP contribution in [0.1, 0.15) is 43.9 Å². The smallest absolute Gasteiger partial charge is 0.410 e. The maximum atomic E-state index is 13.0. The molecule has 1 aromatic heterocycles. The molecule has 10 nitrogen and oxygen atoms in total. The van der Waals surface area contributed by atoms with Crippen LogP contribution >= 0.6 is 0 Å². The molecule has 0 unspecified atom stereocenters. The largest absolute Gasteiger partial charge is 0.461 e. The number of rotatable bonds is 8. The van der Waals surface area contributed by atoms with E-state index in [2.05, 4.69) is 24.6 Å². The van der Waals surface area contributed by atoms with Gasteiger partial charge in [0.25, 0.3) is 0 Å². The van der Waals surface area contributed by atoms with Crippen LogP contribution in [0.15, 0.2) is 0 Å². The number of amides is 2. The number of hydrogen-bond donors (Lipinski definition) is 0. The molecule has 0 spiro atoms. The van der Waals surface area contributed by atoms with Crippen molar-refractivity contribution in [1.82, 2.24) is 14.5 Å². The summed E-state index contributed by atoms with van der Waals surface area (Å²) in [5.74, 6) is -0.504. The summed E-state index contributed by atoms with van der Waals surface area (Å²) in [6, 6.07) is 0.970. The van der Waals surface area contributed by atoms with E-state index in [-0.39, 0.29) is 44.6 Å². The van der Waals surface area contributed by atoms with Gasteiger partial charge in [-0.25, -0.2) is 14.6 Å². The first-order valence-electron chi connectivity index (χ1n) is 11.3. The van der Waals surface area contributed by atoms with Gasteiger partial charge in [-0.1, -0.05) is 19.6 Å². The number of imidazole rings is 1. The lowest BCUT2D eigenvalue weighted by Crippen LogP contribution is -2.54. The van der Waals surface area contributed by atoms with E-state index in [1.807, 2.05) is 0 Å². The monoisotopic (exact) mass is 482 g/mol. The fraction of sp³-hybridized carbons (Fsp3) is 0.727. The highest BCUT2D eigenvalue weighted by atomic mass is 28.3. The van der Waals surface area contributed by atoms with Crippen molar-refractivity contribution in [3.63, 3.8) is 0 Å². The molecule has 1 aromatic rings. The number of esters is 1. The summed E-state index contributed by atoms with van der Waals surface area (Å²) < 4.78 is 18.1. The van der Waals surface area contributed by atoms with Crippen molar-refractivity contribution >= 4 is 32.0 Å². The third kappa shape index (κ3) is 7.56. The molecule has 2 amide bonds. The number of anilines is 1. The highest BCUT2D eigenvalue weighted by Crippen LogP contribution is 2.24. The average Bonchev–Trinajstić information content (AvgIpc) is 2.99. The molecule has 0 bridgehead atoms. The molecule has 0 N–H and O–H groups in total. The van der Waals surface area contributed by atoms with Crippen molar-refractivity contribution in [2.45, 2.75) is 72.6 Å². The van der Waals surface area contributed by atoms with Crippen LogP contribution in [0.3, 0.4) is 0 Å². The minimum Gasteiger partial charge on any atom is -0.461 e. The lowest BCUT2D eigenvalue weighted by atomic mass is 10.2. The van der Waals surface area contributed by atoms with Crippen molar-refractivity contribution in [1.29, 1.82) is 0 Å². The highest BCUT2D eigenvalue weighted by molar-refractivity contribution is 6.76. The fourth-order valence-electron chi connectivity index (χ4n) is 3.25. The van der Waals surface area contributed by atoms with Gasteiger partial charge >= 0.3 is 12.1 Å². The van der Waals surface area contributed by atoms with Gasteiger partial charge in [0.05, 0.1) is 12.3 Å². The topological polar surface area (TPSA) is 103 Å². The summed E-state index contributed by atoms with van der Waals surface area (Å²) in [5, 5.41) is 0. The van der Waals surface area contributed by atoms with E-state index in [1.165, 1.54) is 9.80 Å². The summed E-state index contributed by atoms with van der Waals surface area (Å²) in [6.45, 7) is 16.8. The van der Waals surface area contributed by atoms with E-state index in [9.17, 15) is 14.4 Å². The molecular formula is C22H38N4O6Si. The number of carbonyl (C=O) groups excluding carboxylic acids is 3. The van der Waals surface area contributed by atoms with Gasteiger partial charge in [-0.05, 0) is 40.7 Å². The molecule has 1 fully saturated rings. The maximum absolute atomic E-state index is 13.0. The Morgan fingerprint density at radius 2 is 1.82 bits per heavy atom. The van der Waals surface area contributed by atoms with Gasteiger partial charge in [0, 0.05) is 27.8 Å². The summed E-state index contributed by atoms with van der Waals surface area (Å²) in [5.41, 5.74) is 0.0775. The summed E-state index contributed by atoms with van der Waals surface area (Å²) in [4.78, 5) is 45.3. The quantitative estimate of drug-likeness (QED) is 0.318. The lowest BCUT2D eigenvalue weighted by Gasteiger charge is -2.34. The molecule has 2 heterocycles. The average molecular weight is 483 g/mol. The van der Waals surface area contributed by atoms with Crippen molar-refractivity contribution in [3.8, 4) is 0 Å². The third-order valence-corrected chi connectivity index (χ3v) is 6.63. The number of hydrogen-bond acceptors (Lipinski definition) is 7. The van der Waals surface area contributed by atoms with Gasteiger partial charge in [-0.15, -0.1) is 0 Å². The molecule has 0 saturated carbocycles. The van der Waals surface area contributed by atoms with Crippen molar-refractivity contribution in [2.24, 2.45) is 0 Å². The Bertz CT molecular complexity index is 871. The molecule has 1 aliphatic heterocycles. The number of aryl methyl sites for hydroxylation is 1. The molecule has 186 valence electrons. The minimum atomic E-state index is -1.29. The molecule has 1 aliphatic rings. The number of ether oxygens (including phenoxy) is 3. The summed E-state index contributed by atoms with van der Waals surface area (Å²) >= 11 is 0. The lowest BCUT2D eigenvalue weighted by molar-refractivity contribution is -0.121. The number of aromatic nitrogens is 2. The van der Waals surface area contributed by atoms with Gasteiger partial charge in [-0.2, -0.15) is 0 Å². The van der Waals surface area contributed by atoms with Crippen LogP contribution in [-0.4, -0.2) is 78.9 Å². The summed E-state index contributed by atoms with van der Waals surface area (Å²) in [7, 11) is -1.29. The zero-order chi connectivity index (χ0) is 25.0. The molecule has 0 aromatic carbocycles. The van der Waals surface area contributed by atoms with Crippen LogP contribution < -0.4 is 4.90 Å². The maximum Gasteiger partial charge on any atom is 0.410 e. The Balaban J connectivity index is 2.24. The Morgan fingerprint density at radius 1 is 1.15 bits per heavy atom. The minimum absolute atomic E-state index is 0.0777. The van der Waals surface area contributed by atoms with Crippen molar-refractivity contribution in [2.75, 3.05) is 37.7 Å². The number of carbonyl (C=O) groups is 3. The Morgan fingerprint density at radius 3 is 2.36 bits per heavy atom. The van der Waals surface area contributed by atoms with E-state index in [4.69, 9.17) is 14.2 Å². The van der Waals surface area contributed by atoms with E-state index in [0.717, 1.165) is 6.04 Å². The number of piperazine rings is 1. The van der Waals surface area contributed by atoms with Crippen molar-refractivity contribution < 1.29 is 28.6 Å². The molecule has 33 heavy (non-hydrogen) atoms. The molecule has 0 aliphatic carbocycles. The van der Waals surface area contributed by atoms with Crippen LogP contribution in [0, 0.1) is 6.92 Å². The van der Waals surface area contributed by atoms with E-state index in [0.29, 0.717) is 18.2 Å². The molecule has 11 heteroatoms. The predicted octanol–water partition coefficient (Wildman–Crippen LogP) is 3.26. The standard InChI is InChI=1S/C22H38N4O6Si/c1-9-31-19(28)18-16(2)23-20(26(18)15-30-12-13-33(6,7)8)25-11-10-24(14-17(25)27)21(29)32-22(3,4)5/h9-15H2,1-8H3. The zero-order valence-electron chi connectivity index (χ0n) is 21.2. The first-order chi connectivity index (χ1) is 15.2. The van der Waals surface area contributed by atoms with Crippen LogP contribution in [0.4, 0.5) is 10.7 Å². The molecular weight excluding hydrogens is 444 g/mol. The Labute approximate surface area is 197 Å². The molecule has 0 radical (unpaired) electrons. The van der Waals surface area contributed by atoms with E-state index < -0.39 is 25.7 Å². The fourth-order valence-corrected chi connectivity index (χ4v) is 4.00. The van der Waals surface area contributed by atoms with Gasteiger partial charge in [0.1, 0.15) is 18.9 Å². The van der Waals surface area contributed by atoms with E-state index >= 15 is 0 Å². The van der Waals surface area contributed by atoms with Gasteiger partial charge in [0.2, 0.25) is 11.9 Å². The normalized spacial score (nSPS) is 15.1. The van der Waals surface area contributed by atoms with E-state index in [1.54, 1.807) is 39.2 Å². The third-order valence-electron chi connectivity index (χ3n) is 4.92. The van der Waals surface area contributed by atoms with Crippen LogP contribution in [0.5, 0.6) is 0 Å². The van der Waals surface area contributed by atoms with Gasteiger partial charge in [0.15, 0.2) is 5.69 Å². The molecule has 1 saturated heterocycles. The second-order valence-electron chi connectivity index (χ2n) is 10.3. The number of nitrogens with zero attached hydrogens (tertiary/aromatic N) is 4. The first-order valence-corrected chi connectivity index (χ1v) is 15.0.